The fourth-order valence-electron chi connectivity index (χ4n) is 6.31. The minimum absolute atomic E-state index is 0.0784. The molecule has 0 aliphatic heterocycles. The summed E-state index contributed by atoms with van der Waals surface area (Å²) in [5, 5.41) is 2.43. The quantitative estimate of drug-likeness (QED) is 0.141. The first kappa shape index (κ1) is 27.6. The highest BCUT2D eigenvalue weighted by Crippen LogP contribution is 2.45. The Bertz CT molecular complexity index is 1550. The van der Waals surface area contributed by atoms with Crippen molar-refractivity contribution in [2.75, 3.05) is 6.61 Å². The molecule has 1 atom stereocenters. The van der Waals surface area contributed by atoms with Crippen molar-refractivity contribution in [1.29, 1.82) is 0 Å². The van der Waals surface area contributed by atoms with Gasteiger partial charge in [-0.1, -0.05) is 140 Å². The van der Waals surface area contributed by atoms with Crippen molar-refractivity contribution in [1.82, 2.24) is 5.32 Å². The molecule has 0 saturated carbocycles. The lowest BCUT2D eigenvalue weighted by Crippen LogP contribution is -2.45. The van der Waals surface area contributed by atoms with Gasteiger partial charge in [-0.2, -0.15) is 0 Å². The molecule has 5 heteroatoms. The predicted molar refractivity (Wildman–Crippen MR) is 170 cm³/mol. The molecule has 5 aromatic carbocycles. The lowest BCUT2D eigenvalue weighted by molar-refractivity contribution is -0.112. The number of carbonyl (C=O) groups is 2. The topological polar surface area (TPSA) is 55.4 Å². The fraction of sp³-hybridized carbons (Fsp3) is 0.135. The van der Waals surface area contributed by atoms with E-state index in [4.69, 9.17) is 4.74 Å². The van der Waals surface area contributed by atoms with Gasteiger partial charge < -0.3 is 10.1 Å². The molecule has 5 aromatic rings. The van der Waals surface area contributed by atoms with Crippen LogP contribution in [-0.4, -0.2) is 23.9 Å². The van der Waals surface area contributed by atoms with Crippen LogP contribution in [0.2, 0.25) is 0 Å². The van der Waals surface area contributed by atoms with E-state index < -0.39 is 22.7 Å². The predicted octanol–water partition coefficient (Wildman–Crippen LogP) is 7.77. The van der Waals surface area contributed by atoms with Crippen molar-refractivity contribution in [3.8, 4) is 11.1 Å². The van der Waals surface area contributed by atoms with Gasteiger partial charge in [0.25, 0.3) is 0 Å². The first-order valence-electron chi connectivity index (χ1n) is 14.1. The third-order valence-corrected chi connectivity index (χ3v) is 8.56. The minimum Gasteiger partial charge on any atom is -0.449 e. The summed E-state index contributed by atoms with van der Waals surface area (Å²) in [6.45, 7) is 0.161. The Morgan fingerprint density at radius 3 is 1.48 bits per heavy atom. The van der Waals surface area contributed by atoms with E-state index in [0.29, 0.717) is 0 Å². The van der Waals surface area contributed by atoms with Gasteiger partial charge in [-0.3, -0.25) is 4.79 Å². The van der Waals surface area contributed by atoms with Gasteiger partial charge in [0.05, 0.1) is 0 Å². The lowest BCUT2D eigenvalue weighted by Gasteiger charge is -2.38. The fourth-order valence-corrected chi connectivity index (χ4v) is 6.47. The number of carbonyl (C=O) groups excluding carboxylic acids is 2. The third kappa shape index (κ3) is 5.24. The summed E-state index contributed by atoms with van der Waals surface area (Å²) in [6, 6.07) is 45.7. The smallest absolute Gasteiger partial charge is 0.407 e. The molecule has 6 rings (SSSR count). The van der Waals surface area contributed by atoms with E-state index in [0.717, 1.165) is 38.9 Å². The van der Waals surface area contributed by atoms with Crippen LogP contribution in [0.3, 0.4) is 0 Å². The van der Waals surface area contributed by atoms with Crippen LogP contribution in [0.25, 0.3) is 11.1 Å². The summed E-state index contributed by atoms with van der Waals surface area (Å²) >= 11 is 4.24. The summed E-state index contributed by atoms with van der Waals surface area (Å²) in [6.07, 6.45) is -0.384. The molecular formula is C37H31NO3S. The maximum absolute atomic E-state index is 13.3. The van der Waals surface area contributed by atoms with Crippen molar-refractivity contribution in [3.05, 3.63) is 167 Å². The number of fused-ring (bicyclic) bond motifs is 3. The maximum atomic E-state index is 13.3. The molecule has 0 heterocycles. The molecule has 4 nitrogen and oxygen atoms in total. The largest absolute Gasteiger partial charge is 0.449 e. The Kier molecular flexibility index (Phi) is 7.93. The molecule has 1 aliphatic carbocycles. The molecule has 0 radical (unpaired) electrons. The van der Waals surface area contributed by atoms with E-state index in [1.165, 1.54) is 0 Å². The molecular weight excluding hydrogens is 538 g/mol. The van der Waals surface area contributed by atoms with Gasteiger partial charge in [0, 0.05) is 11.3 Å². The van der Waals surface area contributed by atoms with E-state index in [2.05, 4.69) is 78.6 Å². The van der Waals surface area contributed by atoms with Crippen LogP contribution in [0.1, 0.15) is 40.2 Å². The van der Waals surface area contributed by atoms with Gasteiger partial charge in [0.15, 0.2) is 0 Å². The Balaban J connectivity index is 1.30. The minimum atomic E-state index is -0.912. The van der Waals surface area contributed by atoms with Gasteiger partial charge in [-0.05, 0) is 45.4 Å². The number of amides is 1. The molecule has 0 saturated heterocycles. The summed E-state index contributed by atoms with van der Waals surface area (Å²) in [5.74, 6) is -0.0784. The summed E-state index contributed by atoms with van der Waals surface area (Å²) < 4.78 is 5.82. The molecule has 208 valence electrons. The third-order valence-electron chi connectivity index (χ3n) is 8.24. The SMILES string of the molecule is O=C(NC(CC(c1ccccc1)(c1ccccc1)c1ccccc1)C(=O)S)OCC1c2ccccc2-c2ccccc21. The van der Waals surface area contributed by atoms with Crippen LogP contribution in [-0.2, 0) is 14.9 Å². The second-order valence-corrected chi connectivity index (χ2v) is 11.0. The van der Waals surface area contributed by atoms with Crippen molar-refractivity contribution >= 4 is 23.8 Å². The average Bonchev–Trinajstić information content (AvgIpc) is 3.37. The summed E-state index contributed by atoms with van der Waals surface area (Å²) in [7, 11) is 0. The van der Waals surface area contributed by atoms with E-state index in [9.17, 15) is 9.59 Å². The Morgan fingerprint density at radius 1 is 0.643 bits per heavy atom. The number of hydrogen-bond acceptors (Lipinski definition) is 3. The molecule has 1 aliphatic rings. The van der Waals surface area contributed by atoms with E-state index in [1.807, 2.05) is 78.9 Å². The van der Waals surface area contributed by atoms with Crippen molar-refractivity contribution < 1.29 is 14.3 Å². The molecule has 1 N–H and O–H groups in total. The maximum Gasteiger partial charge on any atom is 0.407 e. The van der Waals surface area contributed by atoms with Crippen LogP contribution in [0, 0.1) is 0 Å². The number of ether oxygens (including phenoxy) is 1. The first-order valence-corrected chi connectivity index (χ1v) is 14.5. The molecule has 0 aromatic heterocycles. The zero-order valence-electron chi connectivity index (χ0n) is 23.0. The standard InChI is InChI=1S/C37H31NO3S/c39-35(42)34(38-36(40)41-25-33-31-22-12-10-20-29(31)30-21-11-13-23-32(30)33)24-37(26-14-4-1-5-15-26,27-16-6-2-7-17-27)28-18-8-3-9-19-28/h1-23,33-34H,24-25H2,(H,38,40)(H,39,42). The highest BCUT2D eigenvalue weighted by atomic mass is 32.1. The van der Waals surface area contributed by atoms with E-state index in [-0.39, 0.29) is 18.9 Å². The van der Waals surface area contributed by atoms with Crippen LogP contribution in [0.15, 0.2) is 140 Å². The Morgan fingerprint density at radius 2 is 1.05 bits per heavy atom. The number of alkyl carbamates (subject to hydrolysis) is 1. The van der Waals surface area contributed by atoms with Gasteiger partial charge in [-0.15, -0.1) is 12.6 Å². The Hall–Kier alpha value is -4.61. The zero-order valence-corrected chi connectivity index (χ0v) is 23.9. The molecule has 42 heavy (non-hydrogen) atoms. The van der Waals surface area contributed by atoms with Crippen molar-refractivity contribution in [2.24, 2.45) is 0 Å². The van der Waals surface area contributed by atoms with E-state index >= 15 is 0 Å². The summed E-state index contributed by atoms with van der Waals surface area (Å²) in [4.78, 5) is 26.3. The van der Waals surface area contributed by atoms with E-state index in [1.54, 1.807) is 0 Å². The number of thiol groups is 1. The number of benzene rings is 5. The average molecular weight is 570 g/mol. The van der Waals surface area contributed by atoms with Crippen LogP contribution in [0.4, 0.5) is 4.79 Å². The van der Waals surface area contributed by atoms with Gasteiger partial charge in [0.2, 0.25) is 5.12 Å². The monoisotopic (exact) mass is 569 g/mol. The Labute approximate surface area is 251 Å². The second-order valence-electron chi connectivity index (χ2n) is 10.6. The molecule has 0 spiro atoms. The number of nitrogens with one attached hydrogen (secondary N) is 1. The summed E-state index contributed by atoms with van der Waals surface area (Å²) in [5.41, 5.74) is 6.87. The molecule has 1 amide bonds. The van der Waals surface area contributed by atoms with Crippen molar-refractivity contribution in [3.63, 3.8) is 0 Å². The van der Waals surface area contributed by atoms with Crippen LogP contribution < -0.4 is 5.32 Å². The van der Waals surface area contributed by atoms with Crippen molar-refractivity contribution in [2.45, 2.75) is 23.8 Å². The normalized spacial score (nSPS) is 13.1. The van der Waals surface area contributed by atoms with Gasteiger partial charge in [0.1, 0.15) is 12.6 Å². The molecule has 0 bridgehead atoms. The number of hydrogen-bond donors (Lipinski definition) is 2. The van der Waals surface area contributed by atoms with Crippen LogP contribution >= 0.6 is 12.6 Å². The first-order chi connectivity index (χ1) is 20.6. The molecule has 0 fully saturated rings. The van der Waals surface area contributed by atoms with Gasteiger partial charge >= 0.3 is 6.09 Å². The number of rotatable bonds is 9. The highest BCUT2D eigenvalue weighted by Gasteiger charge is 2.40. The zero-order chi connectivity index (χ0) is 28.9. The highest BCUT2D eigenvalue weighted by molar-refractivity contribution is 7.96. The van der Waals surface area contributed by atoms with Gasteiger partial charge in [-0.25, -0.2) is 4.79 Å². The second kappa shape index (κ2) is 12.1. The molecule has 1 unspecified atom stereocenters. The van der Waals surface area contributed by atoms with Crippen LogP contribution in [0.5, 0.6) is 0 Å². The lowest BCUT2D eigenvalue weighted by atomic mass is 9.66.